The quantitative estimate of drug-likeness (QED) is 0.794. The van der Waals surface area contributed by atoms with Gasteiger partial charge in [-0.05, 0) is 48.2 Å². The standard InChI is InChI=1S/C17H15NO2/c1-20-15-6-5-12-9-14(4-3-13(12)10-15)16(19)17(11-18)7-2-8-17/h3-6,9-10H,2,7-8H2,1H3. The molecule has 20 heavy (non-hydrogen) atoms. The van der Waals surface area contributed by atoms with Crippen LogP contribution in [-0.2, 0) is 0 Å². The summed E-state index contributed by atoms with van der Waals surface area (Å²) < 4.78 is 5.19. The van der Waals surface area contributed by atoms with Crippen LogP contribution < -0.4 is 4.74 Å². The van der Waals surface area contributed by atoms with E-state index in [0.717, 1.165) is 22.9 Å². The SMILES string of the molecule is COc1ccc2cc(C(=O)C3(C#N)CCC3)ccc2c1. The second-order valence-corrected chi connectivity index (χ2v) is 5.30. The highest BCUT2D eigenvalue weighted by atomic mass is 16.5. The first-order valence-electron chi connectivity index (χ1n) is 6.72. The summed E-state index contributed by atoms with van der Waals surface area (Å²) in [7, 11) is 1.63. The number of nitrogens with zero attached hydrogens (tertiary/aromatic N) is 1. The molecule has 1 saturated carbocycles. The lowest BCUT2D eigenvalue weighted by Gasteiger charge is -2.33. The van der Waals surface area contributed by atoms with Crippen molar-refractivity contribution in [3.8, 4) is 11.8 Å². The summed E-state index contributed by atoms with van der Waals surface area (Å²) in [5.74, 6) is 0.757. The third kappa shape index (κ3) is 1.85. The van der Waals surface area contributed by atoms with Gasteiger partial charge in [0.25, 0.3) is 0 Å². The molecule has 100 valence electrons. The van der Waals surface area contributed by atoms with Crippen LogP contribution >= 0.6 is 0 Å². The van der Waals surface area contributed by atoms with Gasteiger partial charge in [0, 0.05) is 5.56 Å². The van der Waals surface area contributed by atoms with Gasteiger partial charge in [0.05, 0.1) is 13.2 Å². The molecule has 0 bridgehead atoms. The predicted molar refractivity (Wildman–Crippen MR) is 76.7 cm³/mol. The minimum Gasteiger partial charge on any atom is -0.497 e. The molecule has 0 N–H and O–H groups in total. The van der Waals surface area contributed by atoms with Gasteiger partial charge >= 0.3 is 0 Å². The van der Waals surface area contributed by atoms with E-state index in [2.05, 4.69) is 6.07 Å². The predicted octanol–water partition coefficient (Wildman–Crippen LogP) is 3.72. The molecule has 0 unspecified atom stereocenters. The Labute approximate surface area is 117 Å². The van der Waals surface area contributed by atoms with Crippen molar-refractivity contribution in [2.75, 3.05) is 7.11 Å². The van der Waals surface area contributed by atoms with Crippen molar-refractivity contribution in [2.45, 2.75) is 19.3 Å². The van der Waals surface area contributed by atoms with Crippen LogP contribution in [-0.4, -0.2) is 12.9 Å². The maximum absolute atomic E-state index is 12.5. The van der Waals surface area contributed by atoms with Crippen molar-refractivity contribution in [2.24, 2.45) is 5.41 Å². The number of nitriles is 1. The molecule has 3 rings (SSSR count). The van der Waals surface area contributed by atoms with Crippen molar-refractivity contribution >= 4 is 16.6 Å². The number of carbonyl (C=O) groups is 1. The molecule has 3 heteroatoms. The lowest BCUT2D eigenvalue weighted by Crippen LogP contribution is -2.36. The highest BCUT2D eigenvalue weighted by Gasteiger charge is 2.44. The number of Topliss-reactive ketones (excluding diaryl/α,β-unsaturated/α-hetero) is 1. The lowest BCUT2D eigenvalue weighted by molar-refractivity contribution is 0.0748. The molecular weight excluding hydrogens is 250 g/mol. The smallest absolute Gasteiger partial charge is 0.183 e. The highest BCUT2D eigenvalue weighted by molar-refractivity contribution is 6.05. The number of rotatable bonds is 3. The first-order valence-corrected chi connectivity index (χ1v) is 6.72. The van der Waals surface area contributed by atoms with E-state index in [1.807, 2.05) is 36.4 Å². The number of ether oxygens (including phenoxy) is 1. The second-order valence-electron chi connectivity index (χ2n) is 5.30. The minimum atomic E-state index is -0.778. The van der Waals surface area contributed by atoms with E-state index in [1.165, 1.54) is 0 Å². The number of methoxy groups -OCH3 is 1. The fourth-order valence-corrected chi connectivity index (χ4v) is 2.69. The molecule has 3 nitrogen and oxygen atoms in total. The Balaban J connectivity index is 2.01. The fourth-order valence-electron chi connectivity index (χ4n) is 2.69. The molecule has 0 amide bonds. The summed E-state index contributed by atoms with van der Waals surface area (Å²) >= 11 is 0. The molecule has 2 aromatic carbocycles. The number of hydrogen-bond donors (Lipinski definition) is 0. The zero-order valence-corrected chi connectivity index (χ0v) is 11.3. The molecule has 0 radical (unpaired) electrons. The van der Waals surface area contributed by atoms with E-state index in [-0.39, 0.29) is 5.78 Å². The van der Waals surface area contributed by atoms with Crippen LogP contribution in [0.15, 0.2) is 36.4 Å². The summed E-state index contributed by atoms with van der Waals surface area (Å²) in [6.07, 6.45) is 2.33. The van der Waals surface area contributed by atoms with Crippen molar-refractivity contribution in [1.29, 1.82) is 5.26 Å². The first kappa shape index (κ1) is 12.7. The van der Waals surface area contributed by atoms with Gasteiger partial charge in [-0.2, -0.15) is 5.26 Å². The highest BCUT2D eigenvalue weighted by Crippen LogP contribution is 2.43. The van der Waals surface area contributed by atoms with Crippen LogP contribution in [0.25, 0.3) is 10.8 Å². The Morgan fingerprint density at radius 2 is 1.90 bits per heavy atom. The van der Waals surface area contributed by atoms with Gasteiger partial charge in [0.2, 0.25) is 0 Å². The van der Waals surface area contributed by atoms with Crippen LogP contribution in [0.3, 0.4) is 0 Å². The summed E-state index contributed by atoms with van der Waals surface area (Å²) in [5.41, 5.74) is -0.149. The summed E-state index contributed by atoms with van der Waals surface area (Å²) in [6.45, 7) is 0. The van der Waals surface area contributed by atoms with Crippen molar-refractivity contribution < 1.29 is 9.53 Å². The van der Waals surface area contributed by atoms with Crippen LogP contribution in [0.2, 0.25) is 0 Å². The fraction of sp³-hybridized carbons (Fsp3) is 0.294. The third-order valence-electron chi connectivity index (χ3n) is 4.17. The van der Waals surface area contributed by atoms with E-state index in [4.69, 9.17) is 4.74 Å². The average Bonchev–Trinajstić information content (AvgIpc) is 2.45. The largest absolute Gasteiger partial charge is 0.497 e. The average molecular weight is 265 g/mol. The second kappa shape index (κ2) is 4.64. The van der Waals surface area contributed by atoms with Crippen LogP contribution in [0, 0.1) is 16.7 Å². The lowest BCUT2D eigenvalue weighted by atomic mass is 9.65. The number of fused-ring (bicyclic) bond motifs is 1. The van der Waals surface area contributed by atoms with Gasteiger partial charge < -0.3 is 4.74 Å². The zero-order chi connectivity index (χ0) is 14.2. The van der Waals surface area contributed by atoms with Crippen LogP contribution in [0.5, 0.6) is 5.75 Å². The topological polar surface area (TPSA) is 50.1 Å². The van der Waals surface area contributed by atoms with E-state index in [9.17, 15) is 10.1 Å². The molecule has 0 aliphatic heterocycles. The number of benzene rings is 2. The Bertz CT molecular complexity index is 723. The van der Waals surface area contributed by atoms with Gasteiger partial charge in [-0.25, -0.2) is 0 Å². The Kier molecular flexibility index (Phi) is 2.94. The van der Waals surface area contributed by atoms with Crippen LogP contribution in [0.1, 0.15) is 29.6 Å². The molecule has 0 atom stereocenters. The molecule has 0 spiro atoms. The third-order valence-corrected chi connectivity index (χ3v) is 4.17. The molecule has 0 saturated heterocycles. The maximum atomic E-state index is 12.5. The molecular formula is C17H15NO2. The monoisotopic (exact) mass is 265 g/mol. The van der Waals surface area contributed by atoms with Gasteiger partial charge in [-0.1, -0.05) is 18.2 Å². The van der Waals surface area contributed by atoms with Gasteiger partial charge in [0.15, 0.2) is 5.78 Å². The van der Waals surface area contributed by atoms with Gasteiger partial charge in [0.1, 0.15) is 11.2 Å². The van der Waals surface area contributed by atoms with Gasteiger partial charge in [-0.3, -0.25) is 4.79 Å². The number of hydrogen-bond acceptors (Lipinski definition) is 3. The normalized spacial score (nSPS) is 16.2. The van der Waals surface area contributed by atoms with E-state index >= 15 is 0 Å². The van der Waals surface area contributed by atoms with Crippen molar-refractivity contribution in [1.82, 2.24) is 0 Å². The summed E-state index contributed by atoms with van der Waals surface area (Å²) in [6, 6.07) is 13.5. The molecule has 2 aromatic rings. The van der Waals surface area contributed by atoms with E-state index in [0.29, 0.717) is 18.4 Å². The summed E-state index contributed by atoms with van der Waals surface area (Å²) in [4.78, 5) is 12.5. The minimum absolute atomic E-state index is 0.0380. The Morgan fingerprint density at radius 3 is 2.50 bits per heavy atom. The molecule has 0 aromatic heterocycles. The zero-order valence-electron chi connectivity index (χ0n) is 11.3. The first-order chi connectivity index (χ1) is 9.68. The van der Waals surface area contributed by atoms with Gasteiger partial charge in [-0.15, -0.1) is 0 Å². The van der Waals surface area contributed by atoms with E-state index < -0.39 is 5.41 Å². The summed E-state index contributed by atoms with van der Waals surface area (Å²) in [5, 5.41) is 11.3. The van der Waals surface area contributed by atoms with Crippen molar-refractivity contribution in [3.63, 3.8) is 0 Å². The molecule has 0 heterocycles. The Hall–Kier alpha value is -2.34. The number of ketones is 1. The molecule has 1 aliphatic rings. The maximum Gasteiger partial charge on any atom is 0.183 e. The number of carbonyl (C=O) groups excluding carboxylic acids is 1. The Morgan fingerprint density at radius 1 is 1.20 bits per heavy atom. The van der Waals surface area contributed by atoms with Crippen LogP contribution in [0.4, 0.5) is 0 Å². The van der Waals surface area contributed by atoms with Crippen molar-refractivity contribution in [3.05, 3.63) is 42.0 Å². The molecule has 1 fully saturated rings. The van der Waals surface area contributed by atoms with E-state index in [1.54, 1.807) is 7.11 Å². The molecule has 1 aliphatic carbocycles.